The summed E-state index contributed by atoms with van der Waals surface area (Å²) in [5, 5.41) is 14.8. The summed E-state index contributed by atoms with van der Waals surface area (Å²) < 4.78 is 12.6. The van der Waals surface area contributed by atoms with Crippen LogP contribution in [0.3, 0.4) is 0 Å². The third-order valence-electron chi connectivity index (χ3n) is 2.45. The molecular weight excluding hydrogens is 213 g/mol. The molecule has 0 aliphatic carbocycles. The summed E-state index contributed by atoms with van der Waals surface area (Å²) in [6, 6.07) is 0.649. The molecule has 0 radical (unpaired) electrons. The molecule has 16 heavy (non-hydrogen) atoms. The lowest BCUT2D eigenvalue weighted by Crippen LogP contribution is -2.35. The minimum absolute atomic E-state index is 0.0138. The fourth-order valence-corrected chi connectivity index (χ4v) is 1.64. The van der Waals surface area contributed by atoms with Crippen molar-refractivity contribution in [3.05, 3.63) is 18.1 Å². The molecule has 1 aliphatic heterocycles. The number of aromatic hydroxyl groups is 1. The number of aromatic nitrogens is 1. The van der Waals surface area contributed by atoms with Crippen molar-refractivity contribution < 1.29 is 14.3 Å². The average Bonchev–Trinajstić information content (AvgIpc) is 2.75. The minimum Gasteiger partial charge on any atom is -0.504 e. The van der Waals surface area contributed by atoms with Gasteiger partial charge in [-0.2, -0.15) is 0 Å². The molecule has 1 atom stereocenters. The normalized spacial score (nSPS) is 19.7. The molecule has 1 saturated heterocycles. The standard InChI is InChI=1S/C10H12FN3O2/c11-6-4-8(15)9(13-5-6)14-10(16)7-2-1-3-12-7/h4-5,7,12,15H,1-3H2,(H,13,14,16). The van der Waals surface area contributed by atoms with Gasteiger partial charge in [-0.15, -0.1) is 0 Å². The highest BCUT2D eigenvalue weighted by molar-refractivity contribution is 5.95. The van der Waals surface area contributed by atoms with Crippen LogP contribution in [0.2, 0.25) is 0 Å². The van der Waals surface area contributed by atoms with Gasteiger partial charge in [-0.3, -0.25) is 4.79 Å². The van der Waals surface area contributed by atoms with E-state index in [1.807, 2.05) is 0 Å². The topological polar surface area (TPSA) is 74.2 Å². The summed E-state index contributed by atoms with van der Waals surface area (Å²) >= 11 is 0. The third-order valence-corrected chi connectivity index (χ3v) is 2.45. The molecule has 2 heterocycles. The third kappa shape index (κ3) is 2.27. The van der Waals surface area contributed by atoms with Crippen LogP contribution in [0.25, 0.3) is 0 Å². The lowest BCUT2D eigenvalue weighted by atomic mass is 10.2. The van der Waals surface area contributed by atoms with Gasteiger partial charge in [-0.05, 0) is 19.4 Å². The van der Waals surface area contributed by atoms with Crippen molar-refractivity contribution in [2.24, 2.45) is 0 Å². The first-order valence-corrected chi connectivity index (χ1v) is 5.05. The highest BCUT2D eigenvalue weighted by Crippen LogP contribution is 2.21. The van der Waals surface area contributed by atoms with Crippen molar-refractivity contribution in [2.45, 2.75) is 18.9 Å². The van der Waals surface area contributed by atoms with Gasteiger partial charge in [0, 0.05) is 6.07 Å². The molecule has 1 unspecified atom stereocenters. The number of hydrogen-bond donors (Lipinski definition) is 3. The Bertz CT molecular complexity index is 405. The number of hydrogen-bond acceptors (Lipinski definition) is 4. The van der Waals surface area contributed by atoms with Gasteiger partial charge in [-0.25, -0.2) is 9.37 Å². The van der Waals surface area contributed by atoms with Crippen molar-refractivity contribution in [1.82, 2.24) is 10.3 Å². The molecule has 6 heteroatoms. The molecule has 5 nitrogen and oxygen atoms in total. The molecule has 0 aromatic carbocycles. The van der Waals surface area contributed by atoms with E-state index >= 15 is 0 Å². The first-order chi connectivity index (χ1) is 7.66. The SMILES string of the molecule is O=C(Nc1ncc(F)cc1O)C1CCCN1. The van der Waals surface area contributed by atoms with E-state index in [-0.39, 0.29) is 23.5 Å². The Kier molecular flexibility index (Phi) is 3.00. The maximum absolute atomic E-state index is 12.6. The molecular formula is C10H12FN3O2. The van der Waals surface area contributed by atoms with E-state index in [0.717, 1.165) is 31.6 Å². The van der Waals surface area contributed by atoms with Crippen LogP contribution < -0.4 is 10.6 Å². The molecule has 86 valence electrons. The van der Waals surface area contributed by atoms with E-state index in [0.29, 0.717) is 0 Å². The van der Waals surface area contributed by atoms with Crippen LogP contribution in [0, 0.1) is 5.82 Å². The first kappa shape index (κ1) is 10.8. The van der Waals surface area contributed by atoms with Gasteiger partial charge in [0.15, 0.2) is 11.6 Å². The Labute approximate surface area is 91.7 Å². The van der Waals surface area contributed by atoms with Crippen molar-refractivity contribution in [2.75, 3.05) is 11.9 Å². The molecule has 0 saturated carbocycles. The fraction of sp³-hybridized carbons (Fsp3) is 0.400. The quantitative estimate of drug-likeness (QED) is 0.689. The van der Waals surface area contributed by atoms with Gasteiger partial charge >= 0.3 is 0 Å². The van der Waals surface area contributed by atoms with Gasteiger partial charge < -0.3 is 15.7 Å². The van der Waals surface area contributed by atoms with Gasteiger partial charge in [0.1, 0.15) is 5.82 Å². The second-order valence-electron chi connectivity index (χ2n) is 3.66. The largest absolute Gasteiger partial charge is 0.504 e. The zero-order chi connectivity index (χ0) is 11.5. The summed E-state index contributed by atoms with van der Waals surface area (Å²) in [7, 11) is 0. The predicted molar refractivity (Wildman–Crippen MR) is 55.5 cm³/mol. The van der Waals surface area contributed by atoms with E-state index in [2.05, 4.69) is 15.6 Å². The van der Waals surface area contributed by atoms with E-state index in [1.54, 1.807) is 0 Å². The predicted octanol–water partition coefficient (Wildman–Crippen LogP) is 0.617. The van der Waals surface area contributed by atoms with E-state index < -0.39 is 5.82 Å². The number of carbonyl (C=O) groups is 1. The number of anilines is 1. The molecule has 1 aromatic heterocycles. The van der Waals surface area contributed by atoms with Crippen LogP contribution in [0.1, 0.15) is 12.8 Å². The summed E-state index contributed by atoms with van der Waals surface area (Å²) in [4.78, 5) is 15.2. The van der Waals surface area contributed by atoms with Gasteiger partial charge in [0.25, 0.3) is 0 Å². The Hall–Kier alpha value is -1.69. The van der Waals surface area contributed by atoms with Gasteiger partial charge in [-0.1, -0.05) is 0 Å². The first-order valence-electron chi connectivity index (χ1n) is 5.05. The number of halogens is 1. The van der Waals surface area contributed by atoms with Crippen LogP contribution in [-0.2, 0) is 4.79 Å². The second kappa shape index (κ2) is 4.44. The number of amides is 1. The molecule has 3 N–H and O–H groups in total. The Morgan fingerprint density at radius 2 is 2.50 bits per heavy atom. The zero-order valence-corrected chi connectivity index (χ0v) is 8.53. The molecule has 1 aromatic rings. The second-order valence-corrected chi connectivity index (χ2v) is 3.66. The van der Waals surface area contributed by atoms with Crippen LogP contribution in [0.15, 0.2) is 12.3 Å². The fourth-order valence-electron chi connectivity index (χ4n) is 1.64. The Morgan fingerprint density at radius 1 is 1.69 bits per heavy atom. The molecule has 2 rings (SSSR count). The van der Waals surface area contributed by atoms with Crippen LogP contribution in [0.5, 0.6) is 5.75 Å². The Balaban J connectivity index is 2.05. The lowest BCUT2D eigenvalue weighted by Gasteiger charge is -2.11. The van der Waals surface area contributed by atoms with Crippen LogP contribution >= 0.6 is 0 Å². The average molecular weight is 225 g/mol. The van der Waals surface area contributed by atoms with Crippen molar-refractivity contribution >= 4 is 11.7 Å². The summed E-state index contributed by atoms with van der Waals surface area (Å²) in [5.74, 6) is -1.28. The smallest absolute Gasteiger partial charge is 0.242 e. The summed E-state index contributed by atoms with van der Waals surface area (Å²) in [5.41, 5.74) is 0. The molecule has 1 fully saturated rings. The highest BCUT2D eigenvalue weighted by Gasteiger charge is 2.22. The lowest BCUT2D eigenvalue weighted by molar-refractivity contribution is -0.117. The monoisotopic (exact) mass is 225 g/mol. The van der Waals surface area contributed by atoms with E-state index in [1.165, 1.54) is 0 Å². The highest BCUT2D eigenvalue weighted by atomic mass is 19.1. The maximum atomic E-state index is 12.6. The van der Waals surface area contributed by atoms with Crippen molar-refractivity contribution in [3.63, 3.8) is 0 Å². The van der Waals surface area contributed by atoms with E-state index in [9.17, 15) is 14.3 Å². The number of rotatable bonds is 2. The summed E-state index contributed by atoms with van der Waals surface area (Å²) in [6.45, 7) is 0.806. The number of pyridine rings is 1. The van der Waals surface area contributed by atoms with Crippen molar-refractivity contribution in [1.29, 1.82) is 0 Å². The Morgan fingerprint density at radius 3 is 3.12 bits per heavy atom. The molecule has 0 bridgehead atoms. The number of nitrogens with zero attached hydrogens (tertiary/aromatic N) is 1. The van der Waals surface area contributed by atoms with Gasteiger partial charge in [0.2, 0.25) is 5.91 Å². The van der Waals surface area contributed by atoms with E-state index in [4.69, 9.17) is 0 Å². The van der Waals surface area contributed by atoms with Crippen LogP contribution in [0.4, 0.5) is 10.2 Å². The van der Waals surface area contributed by atoms with Crippen LogP contribution in [-0.4, -0.2) is 28.6 Å². The molecule has 1 aliphatic rings. The number of nitrogens with one attached hydrogen (secondary N) is 2. The van der Waals surface area contributed by atoms with Gasteiger partial charge in [0.05, 0.1) is 12.2 Å². The molecule has 1 amide bonds. The maximum Gasteiger partial charge on any atom is 0.242 e. The molecule has 0 spiro atoms. The number of carbonyl (C=O) groups excluding carboxylic acids is 1. The minimum atomic E-state index is -0.644. The zero-order valence-electron chi connectivity index (χ0n) is 8.53. The summed E-state index contributed by atoms with van der Waals surface area (Å²) in [6.07, 6.45) is 2.64. The van der Waals surface area contributed by atoms with Crippen molar-refractivity contribution in [3.8, 4) is 5.75 Å².